The second-order valence-electron chi connectivity index (χ2n) is 3.29. The molecule has 0 spiro atoms. The van der Waals surface area contributed by atoms with Crippen LogP contribution in [0.1, 0.15) is 23.0 Å². The van der Waals surface area contributed by atoms with Gasteiger partial charge in [0.25, 0.3) is 5.91 Å². The van der Waals surface area contributed by atoms with Crippen molar-refractivity contribution in [1.29, 1.82) is 0 Å². The lowest BCUT2D eigenvalue weighted by atomic mass is 10.2. The number of ether oxygens (including phenoxy) is 1. The van der Waals surface area contributed by atoms with Crippen LogP contribution in [0.15, 0.2) is 12.1 Å². The number of rotatable bonds is 1. The van der Waals surface area contributed by atoms with Gasteiger partial charge in [-0.3, -0.25) is 4.79 Å². The van der Waals surface area contributed by atoms with E-state index in [1.54, 1.807) is 13.1 Å². The lowest BCUT2D eigenvalue weighted by Gasteiger charge is -2.24. The molecule has 1 aromatic rings. The Morgan fingerprint density at radius 3 is 3.07 bits per heavy atom. The van der Waals surface area contributed by atoms with E-state index in [0.29, 0.717) is 11.4 Å². The molecule has 14 heavy (non-hydrogen) atoms. The highest BCUT2D eigenvalue weighted by Crippen LogP contribution is 2.22. The first-order valence-corrected chi connectivity index (χ1v) is 4.60. The number of nitrogens with zero attached hydrogens (tertiary/aromatic N) is 2. The van der Waals surface area contributed by atoms with Crippen LogP contribution in [0, 0.1) is 0 Å². The summed E-state index contributed by atoms with van der Waals surface area (Å²) in [6.45, 7) is 2.30. The Kier molecular flexibility index (Phi) is 2.11. The van der Waals surface area contributed by atoms with Gasteiger partial charge in [-0.15, -0.1) is 0 Å². The summed E-state index contributed by atoms with van der Waals surface area (Å²) in [7, 11) is 1.71. The molecule has 0 bridgehead atoms. The van der Waals surface area contributed by atoms with Crippen molar-refractivity contribution >= 4 is 5.91 Å². The number of carbonyl (C=O) groups excluding carboxylic acids is 1. The predicted octanol–water partition coefficient (Wildman–Crippen LogP) is 1.07. The number of hydrogen-bond donors (Lipinski definition) is 0. The van der Waals surface area contributed by atoms with Gasteiger partial charge < -0.3 is 9.64 Å². The zero-order valence-electron chi connectivity index (χ0n) is 8.28. The van der Waals surface area contributed by atoms with Crippen LogP contribution >= 0.6 is 0 Å². The van der Waals surface area contributed by atoms with E-state index < -0.39 is 0 Å². The molecule has 1 aromatic heterocycles. The predicted molar refractivity (Wildman–Crippen MR) is 51.2 cm³/mol. The third kappa shape index (κ3) is 1.32. The summed E-state index contributed by atoms with van der Waals surface area (Å²) in [6.07, 6.45) is 0.848. The summed E-state index contributed by atoms with van der Waals surface area (Å²) >= 11 is 0. The Morgan fingerprint density at radius 1 is 1.57 bits per heavy atom. The molecule has 0 aliphatic carbocycles. The highest BCUT2D eigenvalue weighted by Gasteiger charge is 2.23. The topological polar surface area (TPSA) is 42.4 Å². The quantitative estimate of drug-likeness (QED) is 0.668. The number of hydrogen-bond acceptors (Lipinski definition) is 3. The number of aryl methyl sites for hydroxylation is 1. The first-order valence-electron chi connectivity index (χ1n) is 4.60. The summed E-state index contributed by atoms with van der Waals surface area (Å²) in [5.74, 6) is 0.439. The van der Waals surface area contributed by atoms with Crippen LogP contribution in [0.4, 0.5) is 0 Å². The van der Waals surface area contributed by atoms with Crippen molar-refractivity contribution in [2.45, 2.75) is 13.3 Å². The van der Waals surface area contributed by atoms with Crippen LogP contribution < -0.4 is 4.74 Å². The second kappa shape index (κ2) is 3.29. The van der Waals surface area contributed by atoms with Crippen molar-refractivity contribution in [3.63, 3.8) is 0 Å². The van der Waals surface area contributed by atoms with E-state index in [2.05, 4.69) is 4.98 Å². The number of fused-ring (bicyclic) bond motifs is 1. The van der Waals surface area contributed by atoms with Crippen LogP contribution in [0.2, 0.25) is 0 Å². The van der Waals surface area contributed by atoms with E-state index in [1.165, 1.54) is 4.90 Å². The summed E-state index contributed by atoms with van der Waals surface area (Å²) < 4.78 is 5.34. The molecule has 0 fully saturated rings. The fourth-order valence-electron chi connectivity index (χ4n) is 1.37. The van der Waals surface area contributed by atoms with Crippen molar-refractivity contribution in [2.24, 2.45) is 0 Å². The average Bonchev–Trinajstić information content (AvgIpc) is 2.23. The van der Waals surface area contributed by atoms with Crippen molar-refractivity contribution in [3.8, 4) is 5.88 Å². The van der Waals surface area contributed by atoms with Crippen molar-refractivity contribution < 1.29 is 9.53 Å². The molecule has 1 aliphatic rings. The van der Waals surface area contributed by atoms with Crippen molar-refractivity contribution in [2.75, 3.05) is 13.8 Å². The zero-order chi connectivity index (χ0) is 10.1. The highest BCUT2D eigenvalue weighted by atomic mass is 16.5. The lowest BCUT2D eigenvalue weighted by Crippen LogP contribution is -2.35. The summed E-state index contributed by atoms with van der Waals surface area (Å²) in [5, 5.41) is 0. The van der Waals surface area contributed by atoms with Crippen LogP contribution in [-0.4, -0.2) is 29.6 Å². The Labute approximate surface area is 82.5 Å². The second-order valence-corrected chi connectivity index (χ2v) is 3.29. The fraction of sp³-hybridized carbons (Fsp3) is 0.400. The number of pyridine rings is 1. The van der Waals surface area contributed by atoms with E-state index >= 15 is 0 Å². The maximum Gasteiger partial charge on any atom is 0.261 e. The third-order valence-corrected chi connectivity index (χ3v) is 2.25. The minimum atomic E-state index is -0.0265. The van der Waals surface area contributed by atoms with Gasteiger partial charge in [-0.2, -0.15) is 0 Å². The molecule has 2 heterocycles. The monoisotopic (exact) mass is 192 g/mol. The molecular formula is C10H12N2O2. The van der Waals surface area contributed by atoms with Gasteiger partial charge in [0, 0.05) is 12.7 Å². The largest absolute Gasteiger partial charge is 0.456 e. The molecule has 0 aromatic carbocycles. The molecule has 0 atom stereocenters. The highest BCUT2D eigenvalue weighted by molar-refractivity contribution is 5.96. The molecule has 1 aliphatic heterocycles. The zero-order valence-corrected chi connectivity index (χ0v) is 8.28. The summed E-state index contributed by atoms with van der Waals surface area (Å²) in [4.78, 5) is 17.4. The fourth-order valence-corrected chi connectivity index (χ4v) is 1.37. The van der Waals surface area contributed by atoms with Crippen molar-refractivity contribution in [3.05, 3.63) is 23.4 Å². The Hall–Kier alpha value is -1.58. The minimum Gasteiger partial charge on any atom is -0.456 e. The van der Waals surface area contributed by atoms with Gasteiger partial charge in [-0.1, -0.05) is 6.92 Å². The molecule has 4 nitrogen and oxygen atoms in total. The molecule has 4 heteroatoms. The number of carbonyl (C=O) groups is 1. The van der Waals surface area contributed by atoms with Gasteiger partial charge in [0.1, 0.15) is 5.56 Å². The van der Waals surface area contributed by atoms with Gasteiger partial charge in [0.2, 0.25) is 5.88 Å². The third-order valence-electron chi connectivity index (χ3n) is 2.25. The average molecular weight is 192 g/mol. The smallest absolute Gasteiger partial charge is 0.261 e. The van der Waals surface area contributed by atoms with E-state index in [-0.39, 0.29) is 12.6 Å². The van der Waals surface area contributed by atoms with Gasteiger partial charge in [-0.25, -0.2) is 4.98 Å². The Morgan fingerprint density at radius 2 is 2.36 bits per heavy atom. The minimum absolute atomic E-state index is 0.0265. The Bertz CT molecular complexity index is 376. The normalized spacial score (nSPS) is 15.0. The van der Waals surface area contributed by atoms with Crippen LogP contribution in [0.5, 0.6) is 5.88 Å². The first kappa shape index (κ1) is 8.99. The van der Waals surface area contributed by atoms with Gasteiger partial charge >= 0.3 is 0 Å². The molecule has 1 amide bonds. The van der Waals surface area contributed by atoms with Gasteiger partial charge in [0.05, 0.1) is 0 Å². The van der Waals surface area contributed by atoms with E-state index in [4.69, 9.17) is 4.74 Å². The summed E-state index contributed by atoms with van der Waals surface area (Å²) in [6, 6.07) is 3.64. The van der Waals surface area contributed by atoms with Gasteiger partial charge in [-0.05, 0) is 18.6 Å². The van der Waals surface area contributed by atoms with Crippen LogP contribution in [0.25, 0.3) is 0 Å². The number of aromatic nitrogens is 1. The molecular weight excluding hydrogens is 180 g/mol. The van der Waals surface area contributed by atoms with Gasteiger partial charge in [0.15, 0.2) is 6.73 Å². The molecule has 2 rings (SSSR count). The Balaban J connectivity index is 2.44. The lowest BCUT2D eigenvalue weighted by molar-refractivity contribution is 0.0583. The summed E-state index contributed by atoms with van der Waals surface area (Å²) in [5.41, 5.74) is 1.50. The van der Waals surface area contributed by atoms with Crippen LogP contribution in [0.3, 0.4) is 0 Å². The molecule has 0 unspecified atom stereocenters. The standard InChI is InChI=1S/C10H12N2O2/c1-3-7-4-5-8-9(11-7)14-6-12(2)10(8)13/h4-5H,3,6H2,1-2H3. The van der Waals surface area contributed by atoms with Crippen molar-refractivity contribution in [1.82, 2.24) is 9.88 Å². The molecule has 74 valence electrons. The van der Waals surface area contributed by atoms with E-state index in [1.807, 2.05) is 13.0 Å². The van der Waals surface area contributed by atoms with E-state index in [0.717, 1.165) is 12.1 Å². The SMILES string of the molecule is CCc1ccc2c(n1)OCN(C)C2=O. The molecule has 0 N–H and O–H groups in total. The molecule has 0 saturated carbocycles. The molecule has 0 saturated heterocycles. The maximum atomic E-state index is 11.6. The number of amides is 1. The maximum absolute atomic E-state index is 11.6. The molecule has 0 radical (unpaired) electrons. The first-order chi connectivity index (χ1) is 6.72. The van der Waals surface area contributed by atoms with E-state index in [9.17, 15) is 4.79 Å². The van der Waals surface area contributed by atoms with Crippen LogP contribution in [-0.2, 0) is 6.42 Å².